The van der Waals surface area contributed by atoms with Gasteiger partial charge < -0.3 is 10.1 Å². The summed E-state index contributed by atoms with van der Waals surface area (Å²) in [6, 6.07) is 0. The first-order valence-electron chi connectivity index (χ1n) is 7.61. The van der Waals surface area contributed by atoms with Crippen molar-refractivity contribution in [1.82, 2.24) is 5.32 Å². The Morgan fingerprint density at radius 1 is 1.32 bits per heavy atom. The van der Waals surface area contributed by atoms with Crippen molar-refractivity contribution in [1.29, 1.82) is 0 Å². The molecule has 1 aliphatic rings. The summed E-state index contributed by atoms with van der Waals surface area (Å²) < 4.78 is 6.08. The molecule has 0 heterocycles. The molecule has 19 heavy (non-hydrogen) atoms. The van der Waals surface area contributed by atoms with Crippen LogP contribution in [0.4, 0.5) is 0 Å². The molecule has 112 valence electrons. The van der Waals surface area contributed by atoms with Gasteiger partial charge in [0.05, 0.1) is 12.7 Å². The number of nitrogens with one attached hydrogen (secondary N) is 1. The predicted molar refractivity (Wildman–Crippen MR) is 83.4 cm³/mol. The van der Waals surface area contributed by atoms with Gasteiger partial charge in [-0.3, -0.25) is 0 Å². The lowest BCUT2D eigenvalue weighted by atomic mass is 9.71. The highest BCUT2D eigenvalue weighted by atomic mass is 16.5. The summed E-state index contributed by atoms with van der Waals surface area (Å²) in [4.78, 5) is 0. The largest absolute Gasteiger partial charge is 0.374 e. The molecule has 1 saturated carbocycles. The molecule has 2 unspecified atom stereocenters. The van der Waals surface area contributed by atoms with Gasteiger partial charge in [-0.25, -0.2) is 0 Å². The molecule has 1 N–H and O–H groups in total. The van der Waals surface area contributed by atoms with Crippen LogP contribution in [-0.2, 0) is 4.74 Å². The molecule has 0 spiro atoms. The maximum atomic E-state index is 6.08. The third-order valence-corrected chi connectivity index (χ3v) is 3.74. The molecular weight excluding hydrogens is 234 g/mol. The Labute approximate surface area is 120 Å². The van der Waals surface area contributed by atoms with Gasteiger partial charge in [-0.2, -0.15) is 0 Å². The van der Waals surface area contributed by atoms with E-state index in [-0.39, 0.29) is 5.54 Å². The van der Waals surface area contributed by atoms with E-state index in [1.54, 1.807) is 0 Å². The molecular formula is C17H33NO. The third kappa shape index (κ3) is 7.12. The van der Waals surface area contributed by atoms with Gasteiger partial charge >= 0.3 is 0 Å². The Morgan fingerprint density at radius 3 is 2.47 bits per heavy atom. The minimum absolute atomic E-state index is 0.143. The monoisotopic (exact) mass is 267 g/mol. The summed E-state index contributed by atoms with van der Waals surface area (Å²) in [5.41, 5.74) is 1.71. The van der Waals surface area contributed by atoms with Gasteiger partial charge in [0.2, 0.25) is 0 Å². The lowest BCUT2D eigenvalue weighted by Gasteiger charge is -2.38. The lowest BCUT2D eigenvalue weighted by molar-refractivity contribution is -0.0137. The molecule has 0 bridgehead atoms. The summed E-state index contributed by atoms with van der Waals surface area (Å²) in [7, 11) is 0. The van der Waals surface area contributed by atoms with E-state index in [1.165, 1.54) is 19.3 Å². The average molecular weight is 267 g/mol. The number of rotatable bonds is 5. The van der Waals surface area contributed by atoms with Crippen molar-refractivity contribution in [3.63, 3.8) is 0 Å². The van der Waals surface area contributed by atoms with Crippen LogP contribution in [0, 0.1) is 11.3 Å². The zero-order valence-electron chi connectivity index (χ0n) is 13.8. The van der Waals surface area contributed by atoms with E-state index in [4.69, 9.17) is 4.74 Å². The zero-order valence-corrected chi connectivity index (χ0v) is 13.8. The molecule has 0 aliphatic heterocycles. The molecule has 0 amide bonds. The van der Waals surface area contributed by atoms with Gasteiger partial charge in [-0.05, 0) is 56.9 Å². The van der Waals surface area contributed by atoms with Crippen molar-refractivity contribution < 1.29 is 4.74 Å². The van der Waals surface area contributed by atoms with Crippen molar-refractivity contribution in [2.45, 2.75) is 72.4 Å². The fraction of sp³-hybridized carbons (Fsp3) is 0.882. The first kappa shape index (κ1) is 16.7. The van der Waals surface area contributed by atoms with Crippen LogP contribution in [-0.4, -0.2) is 24.8 Å². The topological polar surface area (TPSA) is 21.3 Å². The molecule has 0 aromatic rings. The average Bonchev–Trinajstić information content (AvgIpc) is 2.19. The highest BCUT2D eigenvalue weighted by Gasteiger charge is 2.32. The maximum absolute atomic E-state index is 6.08. The Hall–Kier alpha value is -0.340. The molecule has 0 saturated heterocycles. The molecule has 0 aromatic carbocycles. The van der Waals surface area contributed by atoms with Crippen LogP contribution in [0.3, 0.4) is 0 Å². The van der Waals surface area contributed by atoms with Gasteiger partial charge in [0.25, 0.3) is 0 Å². The summed E-state index contributed by atoms with van der Waals surface area (Å²) in [5, 5.41) is 3.45. The number of hydrogen-bond acceptors (Lipinski definition) is 2. The van der Waals surface area contributed by atoms with Gasteiger partial charge in [0.15, 0.2) is 0 Å². The second-order valence-corrected chi connectivity index (χ2v) is 8.20. The first-order valence-corrected chi connectivity index (χ1v) is 7.61. The van der Waals surface area contributed by atoms with Crippen LogP contribution in [0.25, 0.3) is 0 Å². The second-order valence-electron chi connectivity index (χ2n) is 8.20. The van der Waals surface area contributed by atoms with Crippen molar-refractivity contribution in [2.75, 3.05) is 13.2 Å². The Balaban J connectivity index is 2.30. The smallest absolute Gasteiger partial charge is 0.0690 e. The fourth-order valence-electron chi connectivity index (χ4n) is 3.06. The fourth-order valence-corrected chi connectivity index (χ4v) is 3.06. The molecule has 1 fully saturated rings. The highest BCUT2D eigenvalue weighted by Crippen LogP contribution is 2.39. The summed E-state index contributed by atoms with van der Waals surface area (Å²) in [6.45, 7) is 19.2. The minimum atomic E-state index is 0.143. The Morgan fingerprint density at radius 2 is 1.95 bits per heavy atom. The van der Waals surface area contributed by atoms with E-state index in [9.17, 15) is 0 Å². The second kappa shape index (κ2) is 6.41. The highest BCUT2D eigenvalue weighted by molar-refractivity contribution is 4.99. The molecule has 1 aliphatic carbocycles. The van der Waals surface area contributed by atoms with E-state index < -0.39 is 0 Å². The molecule has 2 nitrogen and oxygen atoms in total. The molecule has 0 aromatic heterocycles. The van der Waals surface area contributed by atoms with Crippen LogP contribution >= 0.6 is 0 Å². The van der Waals surface area contributed by atoms with E-state index in [1.807, 2.05) is 0 Å². The Bertz CT molecular complexity index is 301. The van der Waals surface area contributed by atoms with E-state index in [2.05, 4.69) is 53.4 Å². The van der Waals surface area contributed by atoms with Gasteiger partial charge in [-0.1, -0.05) is 27.4 Å². The van der Waals surface area contributed by atoms with Crippen LogP contribution < -0.4 is 5.32 Å². The van der Waals surface area contributed by atoms with E-state index in [0.29, 0.717) is 18.1 Å². The SMILES string of the molecule is C=C(CNC(C)(C)C)COC1CC(C)CC(C)(C)C1. The first-order chi connectivity index (χ1) is 8.57. The predicted octanol–water partition coefficient (Wildman–Crippen LogP) is 4.16. The number of hydrogen-bond donors (Lipinski definition) is 1. The zero-order chi connectivity index (χ0) is 14.7. The third-order valence-electron chi connectivity index (χ3n) is 3.74. The standard InChI is InChI=1S/C17H33NO/c1-13-8-15(10-17(6,7)9-13)19-12-14(2)11-18-16(3,4)5/h13,15,18H,2,8-12H2,1,3-7H3. The van der Waals surface area contributed by atoms with Gasteiger partial charge in [0.1, 0.15) is 0 Å². The van der Waals surface area contributed by atoms with Crippen LogP contribution in [0.15, 0.2) is 12.2 Å². The van der Waals surface area contributed by atoms with Gasteiger partial charge in [0, 0.05) is 12.1 Å². The maximum Gasteiger partial charge on any atom is 0.0690 e. The van der Waals surface area contributed by atoms with Crippen LogP contribution in [0.2, 0.25) is 0 Å². The van der Waals surface area contributed by atoms with E-state index in [0.717, 1.165) is 18.0 Å². The summed E-state index contributed by atoms with van der Waals surface area (Å²) >= 11 is 0. The normalized spacial score (nSPS) is 27.3. The van der Waals surface area contributed by atoms with Crippen molar-refractivity contribution in [2.24, 2.45) is 11.3 Å². The molecule has 0 radical (unpaired) electrons. The quantitative estimate of drug-likeness (QED) is 0.755. The van der Waals surface area contributed by atoms with Crippen LogP contribution in [0.1, 0.15) is 60.8 Å². The molecule has 1 rings (SSSR count). The van der Waals surface area contributed by atoms with Crippen LogP contribution in [0.5, 0.6) is 0 Å². The van der Waals surface area contributed by atoms with E-state index >= 15 is 0 Å². The molecule has 2 heteroatoms. The van der Waals surface area contributed by atoms with Crippen molar-refractivity contribution in [3.8, 4) is 0 Å². The summed E-state index contributed by atoms with van der Waals surface area (Å²) in [6.07, 6.45) is 4.10. The van der Waals surface area contributed by atoms with Gasteiger partial charge in [-0.15, -0.1) is 0 Å². The van der Waals surface area contributed by atoms with Crippen molar-refractivity contribution >= 4 is 0 Å². The molecule has 2 atom stereocenters. The number of ether oxygens (including phenoxy) is 1. The summed E-state index contributed by atoms with van der Waals surface area (Å²) in [5.74, 6) is 0.773. The lowest BCUT2D eigenvalue weighted by Crippen LogP contribution is -2.38. The minimum Gasteiger partial charge on any atom is -0.374 e. The van der Waals surface area contributed by atoms with Crippen molar-refractivity contribution in [3.05, 3.63) is 12.2 Å². The Kier molecular flexibility index (Phi) is 5.64.